The van der Waals surface area contributed by atoms with E-state index in [1.807, 2.05) is 29.8 Å². The van der Waals surface area contributed by atoms with Crippen molar-refractivity contribution in [1.82, 2.24) is 9.91 Å². The molecule has 2 amide bonds. The maximum absolute atomic E-state index is 13.5. The lowest BCUT2D eigenvalue weighted by atomic mass is 10.1. The van der Waals surface area contributed by atoms with E-state index in [0.29, 0.717) is 23.6 Å². The highest BCUT2D eigenvalue weighted by Crippen LogP contribution is 2.38. The van der Waals surface area contributed by atoms with Crippen molar-refractivity contribution in [3.8, 4) is 0 Å². The molecule has 0 radical (unpaired) electrons. The monoisotopic (exact) mass is 501 g/mol. The lowest BCUT2D eigenvalue weighted by molar-refractivity contribution is -0.133. The number of aryl methyl sites for hydroxylation is 1. The van der Waals surface area contributed by atoms with Gasteiger partial charge in [-0.3, -0.25) is 9.59 Å². The van der Waals surface area contributed by atoms with E-state index in [-0.39, 0.29) is 30.9 Å². The summed E-state index contributed by atoms with van der Waals surface area (Å²) in [4.78, 5) is 30.4. The van der Waals surface area contributed by atoms with Crippen LogP contribution in [0, 0.1) is 6.92 Å². The molecule has 1 aromatic carbocycles. The highest BCUT2D eigenvalue weighted by Gasteiger charge is 2.36. The number of hydrogen-bond donors (Lipinski definition) is 0. The zero-order chi connectivity index (χ0) is 23.4. The zero-order valence-electron chi connectivity index (χ0n) is 18.4. The zero-order valence-corrected chi connectivity index (χ0v) is 20.8. The van der Waals surface area contributed by atoms with Gasteiger partial charge in [0, 0.05) is 25.0 Å². The van der Waals surface area contributed by atoms with Crippen molar-refractivity contribution in [3.05, 3.63) is 79.1 Å². The van der Waals surface area contributed by atoms with Crippen LogP contribution in [0.15, 0.2) is 58.3 Å². The molecule has 0 fully saturated rings. The molecule has 0 N–H and O–H groups in total. The van der Waals surface area contributed by atoms with Crippen LogP contribution in [-0.2, 0) is 9.53 Å². The van der Waals surface area contributed by atoms with Gasteiger partial charge in [-0.25, -0.2) is 5.01 Å². The van der Waals surface area contributed by atoms with Gasteiger partial charge in [0.2, 0.25) is 0 Å². The minimum absolute atomic E-state index is 0.116. The molecule has 2 aromatic heterocycles. The molecule has 0 aliphatic carbocycles. The minimum Gasteiger partial charge on any atom is -0.383 e. The van der Waals surface area contributed by atoms with E-state index < -0.39 is 0 Å². The van der Waals surface area contributed by atoms with Crippen molar-refractivity contribution >= 4 is 51.8 Å². The third kappa shape index (κ3) is 5.19. The van der Waals surface area contributed by atoms with Gasteiger partial charge in [-0.2, -0.15) is 5.10 Å². The fourth-order valence-corrected chi connectivity index (χ4v) is 5.71. The van der Waals surface area contributed by atoms with E-state index >= 15 is 0 Å². The van der Waals surface area contributed by atoms with Crippen molar-refractivity contribution < 1.29 is 14.3 Å². The number of hydrazone groups is 1. The molecule has 0 saturated carbocycles. The molecule has 3 heterocycles. The van der Waals surface area contributed by atoms with Crippen molar-refractivity contribution in [2.24, 2.45) is 5.10 Å². The molecule has 0 saturated heterocycles. The molecular formula is C24H24ClN3O3S2. The second-order valence-corrected chi connectivity index (χ2v) is 9.95. The number of carbonyl (C=O) groups is 2. The van der Waals surface area contributed by atoms with Crippen LogP contribution in [-0.4, -0.2) is 54.2 Å². The van der Waals surface area contributed by atoms with Gasteiger partial charge in [-0.15, -0.1) is 22.7 Å². The van der Waals surface area contributed by atoms with Gasteiger partial charge < -0.3 is 9.64 Å². The van der Waals surface area contributed by atoms with Crippen LogP contribution in [0.25, 0.3) is 0 Å². The fraction of sp³-hybridized carbons (Fsp3) is 0.292. The van der Waals surface area contributed by atoms with Gasteiger partial charge in [0.05, 0.1) is 33.8 Å². The Bertz CT molecular complexity index is 1160. The smallest absolute Gasteiger partial charge is 0.262 e. The molecule has 6 nitrogen and oxygen atoms in total. The molecule has 3 aromatic rings. The summed E-state index contributed by atoms with van der Waals surface area (Å²) in [5.74, 6) is -0.549. The van der Waals surface area contributed by atoms with E-state index in [2.05, 4.69) is 6.07 Å². The van der Waals surface area contributed by atoms with Crippen LogP contribution in [0.1, 0.15) is 38.1 Å². The standard InChI is InChI=1S/C24H24ClN3O3S2/c1-16-9-13-33-23(16)20-14-19(21-8-5-12-32-21)26-28(20)22(29)15-27(10-11-31-2)24(30)17-6-3-4-7-18(17)25/h3-9,12-13,20H,10-11,14-15H2,1-2H3. The Morgan fingerprint density at radius 1 is 1.18 bits per heavy atom. The second-order valence-electron chi connectivity index (χ2n) is 7.65. The minimum atomic E-state index is -0.309. The second kappa shape index (κ2) is 10.6. The number of carbonyl (C=O) groups excluding carboxylic acids is 2. The number of hydrogen-bond acceptors (Lipinski definition) is 6. The first-order chi connectivity index (χ1) is 16.0. The molecule has 33 heavy (non-hydrogen) atoms. The Kier molecular flexibility index (Phi) is 7.60. The fourth-order valence-electron chi connectivity index (χ4n) is 3.76. The third-order valence-electron chi connectivity index (χ3n) is 5.46. The van der Waals surface area contributed by atoms with Crippen molar-refractivity contribution in [2.75, 3.05) is 26.8 Å². The van der Waals surface area contributed by atoms with E-state index in [1.54, 1.807) is 59.1 Å². The predicted molar refractivity (Wildman–Crippen MR) is 133 cm³/mol. The molecule has 4 rings (SSSR count). The topological polar surface area (TPSA) is 62.2 Å². The van der Waals surface area contributed by atoms with E-state index in [4.69, 9.17) is 21.4 Å². The summed E-state index contributed by atoms with van der Waals surface area (Å²) in [7, 11) is 1.56. The number of benzene rings is 1. The van der Waals surface area contributed by atoms with Gasteiger partial charge in [0.25, 0.3) is 11.8 Å². The molecule has 1 aliphatic heterocycles. The third-order valence-corrected chi connectivity index (χ3v) is 7.83. The first-order valence-corrected chi connectivity index (χ1v) is 12.6. The SMILES string of the molecule is COCCN(CC(=O)N1N=C(c2cccs2)CC1c1sccc1C)C(=O)c1ccccc1Cl. The summed E-state index contributed by atoms with van der Waals surface area (Å²) in [6.45, 7) is 2.50. The van der Waals surface area contributed by atoms with Crippen molar-refractivity contribution in [3.63, 3.8) is 0 Å². The number of rotatable bonds is 8. The van der Waals surface area contributed by atoms with Gasteiger partial charge in [0.15, 0.2) is 0 Å². The molecule has 172 valence electrons. The van der Waals surface area contributed by atoms with Gasteiger partial charge in [-0.05, 0) is 47.5 Å². The van der Waals surface area contributed by atoms with Crippen LogP contribution in [0.2, 0.25) is 5.02 Å². The quantitative estimate of drug-likeness (QED) is 0.424. The summed E-state index contributed by atoms with van der Waals surface area (Å²) >= 11 is 9.48. The lowest BCUT2D eigenvalue weighted by Crippen LogP contribution is -2.42. The average molecular weight is 502 g/mol. The summed E-state index contributed by atoms with van der Waals surface area (Å²) in [6.07, 6.45) is 0.643. The normalized spacial score (nSPS) is 15.5. The summed E-state index contributed by atoms with van der Waals surface area (Å²) in [5.41, 5.74) is 2.38. The maximum atomic E-state index is 13.5. The molecule has 1 aliphatic rings. The number of amides is 2. The van der Waals surface area contributed by atoms with Crippen LogP contribution < -0.4 is 0 Å². The number of nitrogens with zero attached hydrogens (tertiary/aromatic N) is 3. The summed E-state index contributed by atoms with van der Waals surface area (Å²) in [5, 5.41) is 10.6. The van der Waals surface area contributed by atoms with Crippen molar-refractivity contribution in [1.29, 1.82) is 0 Å². The van der Waals surface area contributed by atoms with Gasteiger partial charge in [-0.1, -0.05) is 29.8 Å². The molecular weight excluding hydrogens is 478 g/mol. The highest BCUT2D eigenvalue weighted by atomic mass is 35.5. The Morgan fingerprint density at radius 3 is 2.67 bits per heavy atom. The predicted octanol–water partition coefficient (Wildman–Crippen LogP) is 5.24. The van der Waals surface area contributed by atoms with Gasteiger partial charge >= 0.3 is 0 Å². The Labute approximate surface area is 206 Å². The number of ether oxygens (including phenoxy) is 1. The molecule has 1 unspecified atom stereocenters. The van der Waals surface area contributed by atoms with Crippen LogP contribution in [0.3, 0.4) is 0 Å². The Morgan fingerprint density at radius 2 is 2.00 bits per heavy atom. The van der Waals surface area contributed by atoms with Crippen LogP contribution in [0.5, 0.6) is 0 Å². The first kappa shape index (κ1) is 23.6. The molecule has 1 atom stereocenters. The number of halogens is 1. The largest absolute Gasteiger partial charge is 0.383 e. The number of methoxy groups -OCH3 is 1. The van der Waals surface area contributed by atoms with E-state index in [0.717, 1.165) is 21.0 Å². The van der Waals surface area contributed by atoms with Crippen LogP contribution >= 0.6 is 34.3 Å². The molecule has 9 heteroatoms. The molecule has 0 spiro atoms. The van der Waals surface area contributed by atoms with E-state index in [9.17, 15) is 9.59 Å². The van der Waals surface area contributed by atoms with E-state index in [1.165, 1.54) is 4.90 Å². The van der Waals surface area contributed by atoms with Gasteiger partial charge in [0.1, 0.15) is 6.54 Å². The Hall–Kier alpha value is -2.52. The summed E-state index contributed by atoms with van der Waals surface area (Å²) in [6, 6.07) is 12.7. The van der Waals surface area contributed by atoms with Crippen molar-refractivity contribution in [2.45, 2.75) is 19.4 Å². The highest BCUT2D eigenvalue weighted by molar-refractivity contribution is 7.12. The first-order valence-electron chi connectivity index (χ1n) is 10.5. The molecule has 0 bridgehead atoms. The maximum Gasteiger partial charge on any atom is 0.262 e. The number of thiophene rings is 2. The Balaban J connectivity index is 1.61. The lowest BCUT2D eigenvalue weighted by Gasteiger charge is -2.27. The summed E-state index contributed by atoms with van der Waals surface area (Å²) < 4.78 is 5.18. The average Bonchev–Trinajstić information content (AvgIpc) is 3.56. The van der Waals surface area contributed by atoms with Crippen LogP contribution in [0.4, 0.5) is 0 Å².